The number of halogens is 3. The summed E-state index contributed by atoms with van der Waals surface area (Å²) in [5, 5.41) is 2.84. The molecule has 0 heterocycles. The van der Waals surface area contributed by atoms with Crippen LogP contribution in [0, 0.1) is 18.6 Å². The summed E-state index contributed by atoms with van der Waals surface area (Å²) >= 11 is 3.01. The molecule has 2 aromatic carbocycles. The molecule has 2 nitrogen and oxygen atoms in total. The molecule has 0 radical (unpaired) electrons. The smallest absolute Gasteiger partial charge is 0.149 e. The Bertz CT molecular complexity index is 600. The lowest BCUT2D eigenvalue weighted by atomic mass is 10.2. The summed E-state index contributed by atoms with van der Waals surface area (Å²) < 4.78 is 26.8. The highest BCUT2D eigenvalue weighted by molar-refractivity contribution is 9.10. The summed E-state index contributed by atoms with van der Waals surface area (Å²) in [6, 6.07) is 7.54. The molecule has 0 saturated heterocycles. The van der Waals surface area contributed by atoms with E-state index in [0.717, 1.165) is 11.6 Å². The van der Waals surface area contributed by atoms with Crippen LogP contribution in [0.4, 0.5) is 25.8 Å². The molecule has 0 saturated carbocycles. The first-order valence-corrected chi connectivity index (χ1v) is 6.04. The zero-order valence-corrected chi connectivity index (χ0v) is 11.2. The van der Waals surface area contributed by atoms with Gasteiger partial charge in [-0.1, -0.05) is 6.07 Å². The van der Waals surface area contributed by atoms with E-state index in [0.29, 0.717) is 11.4 Å². The van der Waals surface area contributed by atoms with Crippen molar-refractivity contribution in [3.63, 3.8) is 0 Å². The first kappa shape index (κ1) is 12.8. The molecule has 0 aromatic heterocycles. The second kappa shape index (κ2) is 4.94. The predicted molar refractivity (Wildman–Crippen MR) is 72.9 cm³/mol. The first-order chi connectivity index (χ1) is 8.47. The van der Waals surface area contributed by atoms with Gasteiger partial charge < -0.3 is 11.1 Å². The molecule has 0 unspecified atom stereocenters. The lowest BCUT2D eigenvalue weighted by molar-refractivity contribution is 0.581. The molecule has 0 spiro atoms. The molecular formula is C13H11BrF2N2. The fourth-order valence-corrected chi connectivity index (χ4v) is 1.90. The average molecular weight is 313 g/mol. The number of rotatable bonds is 2. The van der Waals surface area contributed by atoms with Crippen molar-refractivity contribution in [1.29, 1.82) is 0 Å². The van der Waals surface area contributed by atoms with E-state index in [1.54, 1.807) is 12.1 Å². The number of hydrogen-bond donors (Lipinski definition) is 2. The summed E-state index contributed by atoms with van der Waals surface area (Å²) in [4.78, 5) is 0. The van der Waals surface area contributed by atoms with Gasteiger partial charge in [0.2, 0.25) is 0 Å². The SMILES string of the molecule is Cc1ccc(Nc2cc(Br)c(F)cc2F)c(N)c1. The molecule has 5 heteroatoms. The highest BCUT2D eigenvalue weighted by atomic mass is 79.9. The van der Waals surface area contributed by atoms with Crippen molar-refractivity contribution in [2.75, 3.05) is 11.1 Å². The van der Waals surface area contributed by atoms with Gasteiger partial charge >= 0.3 is 0 Å². The van der Waals surface area contributed by atoms with Crippen LogP contribution in [0.1, 0.15) is 5.56 Å². The van der Waals surface area contributed by atoms with Crippen LogP contribution >= 0.6 is 15.9 Å². The minimum atomic E-state index is -0.671. The van der Waals surface area contributed by atoms with Crippen molar-refractivity contribution in [3.05, 3.63) is 52.0 Å². The second-order valence-electron chi connectivity index (χ2n) is 3.96. The van der Waals surface area contributed by atoms with Crippen molar-refractivity contribution >= 4 is 33.0 Å². The topological polar surface area (TPSA) is 38.0 Å². The van der Waals surface area contributed by atoms with Gasteiger partial charge in [-0.25, -0.2) is 8.78 Å². The third-order valence-electron chi connectivity index (χ3n) is 2.49. The van der Waals surface area contributed by atoms with E-state index in [4.69, 9.17) is 5.73 Å². The zero-order valence-electron chi connectivity index (χ0n) is 9.60. The number of hydrogen-bond acceptors (Lipinski definition) is 2. The normalized spacial score (nSPS) is 10.4. The van der Waals surface area contributed by atoms with Crippen LogP contribution in [0.2, 0.25) is 0 Å². The Morgan fingerprint density at radius 2 is 1.78 bits per heavy atom. The van der Waals surface area contributed by atoms with Gasteiger partial charge in [0.1, 0.15) is 11.6 Å². The fraction of sp³-hybridized carbons (Fsp3) is 0.0769. The molecule has 0 aliphatic rings. The van der Waals surface area contributed by atoms with Gasteiger partial charge in [0, 0.05) is 6.07 Å². The van der Waals surface area contributed by atoms with Gasteiger partial charge in [-0.15, -0.1) is 0 Å². The molecule has 2 rings (SSSR count). The van der Waals surface area contributed by atoms with Gasteiger partial charge in [-0.05, 0) is 46.6 Å². The number of anilines is 3. The van der Waals surface area contributed by atoms with E-state index in [1.807, 2.05) is 13.0 Å². The van der Waals surface area contributed by atoms with Gasteiger partial charge in [0.15, 0.2) is 0 Å². The maximum atomic E-state index is 13.6. The molecule has 0 bridgehead atoms. The minimum absolute atomic E-state index is 0.166. The Kier molecular flexibility index (Phi) is 3.52. The van der Waals surface area contributed by atoms with Crippen LogP contribution in [0.15, 0.2) is 34.8 Å². The Hall–Kier alpha value is -1.62. The number of nitrogens with two attached hydrogens (primary N) is 1. The molecular weight excluding hydrogens is 302 g/mol. The highest BCUT2D eigenvalue weighted by Gasteiger charge is 2.09. The van der Waals surface area contributed by atoms with Crippen LogP contribution < -0.4 is 11.1 Å². The number of aryl methyl sites for hydroxylation is 1. The maximum absolute atomic E-state index is 13.6. The van der Waals surface area contributed by atoms with Crippen molar-refractivity contribution in [3.8, 4) is 0 Å². The summed E-state index contributed by atoms with van der Waals surface area (Å²) in [7, 11) is 0. The number of nitrogens with one attached hydrogen (secondary N) is 1. The minimum Gasteiger partial charge on any atom is -0.397 e. The van der Waals surface area contributed by atoms with E-state index < -0.39 is 11.6 Å². The summed E-state index contributed by atoms with van der Waals surface area (Å²) in [5.41, 5.74) is 8.09. The van der Waals surface area contributed by atoms with Crippen molar-refractivity contribution in [2.24, 2.45) is 0 Å². The van der Waals surface area contributed by atoms with Crippen molar-refractivity contribution in [1.82, 2.24) is 0 Å². The lowest BCUT2D eigenvalue weighted by Crippen LogP contribution is -1.99. The highest BCUT2D eigenvalue weighted by Crippen LogP contribution is 2.29. The van der Waals surface area contributed by atoms with Crippen LogP contribution in [0.3, 0.4) is 0 Å². The van der Waals surface area contributed by atoms with Gasteiger partial charge in [0.25, 0.3) is 0 Å². The third-order valence-corrected chi connectivity index (χ3v) is 3.09. The molecule has 0 fully saturated rings. The largest absolute Gasteiger partial charge is 0.397 e. The molecule has 0 amide bonds. The van der Waals surface area contributed by atoms with E-state index in [2.05, 4.69) is 21.2 Å². The monoisotopic (exact) mass is 312 g/mol. The molecule has 18 heavy (non-hydrogen) atoms. The third kappa shape index (κ3) is 2.61. The second-order valence-corrected chi connectivity index (χ2v) is 4.82. The van der Waals surface area contributed by atoms with E-state index in [-0.39, 0.29) is 10.2 Å². The van der Waals surface area contributed by atoms with Gasteiger partial charge in [-0.2, -0.15) is 0 Å². The van der Waals surface area contributed by atoms with E-state index in [9.17, 15) is 8.78 Å². The van der Waals surface area contributed by atoms with Crippen molar-refractivity contribution in [2.45, 2.75) is 6.92 Å². The molecule has 0 aliphatic heterocycles. The molecule has 94 valence electrons. The van der Waals surface area contributed by atoms with Crippen LogP contribution in [0.5, 0.6) is 0 Å². The Morgan fingerprint density at radius 1 is 1.06 bits per heavy atom. The van der Waals surface area contributed by atoms with Crippen LogP contribution in [-0.4, -0.2) is 0 Å². The molecule has 3 N–H and O–H groups in total. The number of benzene rings is 2. The van der Waals surface area contributed by atoms with E-state index in [1.165, 1.54) is 6.07 Å². The quantitative estimate of drug-likeness (QED) is 0.638. The first-order valence-electron chi connectivity index (χ1n) is 5.25. The predicted octanol–water partition coefficient (Wildman–Crippen LogP) is 4.36. The average Bonchev–Trinajstić information content (AvgIpc) is 2.29. The van der Waals surface area contributed by atoms with Gasteiger partial charge in [0.05, 0.1) is 21.5 Å². The molecule has 2 aromatic rings. The maximum Gasteiger partial charge on any atom is 0.149 e. The standard InChI is InChI=1S/C13H11BrF2N2/c1-7-2-3-12(11(17)4-7)18-13-5-8(14)9(15)6-10(13)16/h2-6,18H,17H2,1H3. The summed E-state index contributed by atoms with van der Waals surface area (Å²) in [5.74, 6) is -1.31. The Labute approximate surface area is 112 Å². The summed E-state index contributed by atoms with van der Waals surface area (Å²) in [6.07, 6.45) is 0. The Morgan fingerprint density at radius 3 is 2.44 bits per heavy atom. The molecule has 0 aliphatic carbocycles. The van der Waals surface area contributed by atoms with Crippen molar-refractivity contribution < 1.29 is 8.78 Å². The van der Waals surface area contributed by atoms with Gasteiger partial charge in [-0.3, -0.25) is 0 Å². The lowest BCUT2D eigenvalue weighted by Gasteiger charge is -2.11. The molecule has 0 atom stereocenters. The zero-order chi connectivity index (χ0) is 13.3. The number of nitrogen functional groups attached to an aromatic ring is 1. The summed E-state index contributed by atoms with van der Waals surface area (Å²) in [6.45, 7) is 1.91. The van der Waals surface area contributed by atoms with Crippen LogP contribution in [-0.2, 0) is 0 Å². The van der Waals surface area contributed by atoms with E-state index >= 15 is 0 Å². The Balaban J connectivity index is 2.37. The van der Waals surface area contributed by atoms with Crippen LogP contribution in [0.25, 0.3) is 0 Å². The fourth-order valence-electron chi connectivity index (χ4n) is 1.56.